The van der Waals surface area contributed by atoms with Crippen LogP contribution in [0.3, 0.4) is 0 Å². The molecule has 1 heterocycles. The molecule has 23 heavy (non-hydrogen) atoms. The SMILES string of the molecule is CCc1ccc(Nc2ncc(C#N)c(-c3ccccc3)n2)cc1. The Kier molecular flexibility index (Phi) is 4.30. The average molecular weight is 300 g/mol. The second-order valence-corrected chi connectivity index (χ2v) is 5.11. The van der Waals surface area contributed by atoms with Crippen molar-refractivity contribution < 1.29 is 0 Å². The third-order valence-corrected chi connectivity index (χ3v) is 3.57. The molecule has 2 aromatic carbocycles. The van der Waals surface area contributed by atoms with Crippen LogP contribution in [0.2, 0.25) is 0 Å². The molecule has 112 valence electrons. The molecule has 3 aromatic rings. The Labute approximate surface area is 135 Å². The Hall–Kier alpha value is -3.19. The highest BCUT2D eigenvalue weighted by molar-refractivity contribution is 5.68. The Morgan fingerprint density at radius 2 is 1.78 bits per heavy atom. The molecule has 4 heteroatoms. The van der Waals surface area contributed by atoms with Gasteiger partial charge in [-0.2, -0.15) is 5.26 Å². The molecule has 0 amide bonds. The van der Waals surface area contributed by atoms with Gasteiger partial charge in [0.25, 0.3) is 0 Å². The summed E-state index contributed by atoms with van der Waals surface area (Å²) in [4.78, 5) is 8.74. The number of aryl methyl sites for hydroxylation is 1. The van der Waals surface area contributed by atoms with Gasteiger partial charge in [0.2, 0.25) is 5.95 Å². The van der Waals surface area contributed by atoms with Gasteiger partial charge in [-0.25, -0.2) is 9.97 Å². The van der Waals surface area contributed by atoms with Crippen molar-refractivity contribution in [2.75, 3.05) is 5.32 Å². The second-order valence-electron chi connectivity index (χ2n) is 5.11. The fourth-order valence-electron chi connectivity index (χ4n) is 2.29. The molecular formula is C19H16N4. The zero-order chi connectivity index (χ0) is 16.1. The van der Waals surface area contributed by atoms with Gasteiger partial charge in [-0.05, 0) is 24.1 Å². The van der Waals surface area contributed by atoms with Crippen molar-refractivity contribution >= 4 is 11.6 Å². The molecule has 3 rings (SSSR count). The van der Waals surface area contributed by atoms with Gasteiger partial charge in [0, 0.05) is 11.3 Å². The van der Waals surface area contributed by atoms with E-state index in [0.29, 0.717) is 17.2 Å². The molecule has 0 aliphatic heterocycles. The maximum atomic E-state index is 9.27. The molecule has 0 unspecified atom stereocenters. The topological polar surface area (TPSA) is 61.6 Å². The fourth-order valence-corrected chi connectivity index (χ4v) is 2.29. The number of hydrogen-bond acceptors (Lipinski definition) is 4. The molecule has 4 nitrogen and oxygen atoms in total. The summed E-state index contributed by atoms with van der Waals surface area (Å²) in [5.41, 5.74) is 4.20. The third-order valence-electron chi connectivity index (χ3n) is 3.57. The van der Waals surface area contributed by atoms with E-state index in [0.717, 1.165) is 17.7 Å². The summed E-state index contributed by atoms with van der Waals surface area (Å²) in [7, 11) is 0. The summed E-state index contributed by atoms with van der Waals surface area (Å²) in [5.74, 6) is 0.479. The zero-order valence-electron chi connectivity index (χ0n) is 12.8. The van der Waals surface area contributed by atoms with E-state index in [1.807, 2.05) is 42.5 Å². The number of hydrogen-bond donors (Lipinski definition) is 1. The van der Waals surface area contributed by atoms with Crippen molar-refractivity contribution in [2.24, 2.45) is 0 Å². The summed E-state index contributed by atoms with van der Waals surface area (Å²) in [6, 6.07) is 20.0. The summed E-state index contributed by atoms with van der Waals surface area (Å²) in [6.07, 6.45) is 2.56. The van der Waals surface area contributed by atoms with Crippen LogP contribution in [0.5, 0.6) is 0 Å². The number of nitrogens with one attached hydrogen (secondary N) is 1. The van der Waals surface area contributed by atoms with E-state index in [-0.39, 0.29) is 0 Å². The van der Waals surface area contributed by atoms with Gasteiger partial charge in [0.15, 0.2) is 0 Å². The lowest BCUT2D eigenvalue weighted by Crippen LogP contribution is -2.00. The highest BCUT2D eigenvalue weighted by Crippen LogP contribution is 2.23. The molecule has 0 aliphatic rings. The van der Waals surface area contributed by atoms with Crippen LogP contribution < -0.4 is 5.32 Å². The summed E-state index contributed by atoms with van der Waals surface area (Å²) in [6.45, 7) is 2.12. The largest absolute Gasteiger partial charge is 0.324 e. The van der Waals surface area contributed by atoms with Crippen LogP contribution in [0.15, 0.2) is 60.8 Å². The Morgan fingerprint density at radius 3 is 2.43 bits per heavy atom. The molecule has 0 bridgehead atoms. The second kappa shape index (κ2) is 6.71. The predicted octanol–water partition coefficient (Wildman–Crippen LogP) is 4.32. The average Bonchev–Trinajstić information content (AvgIpc) is 2.63. The first-order valence-electron chi connectivity index (χ1n) is 7.48. The minimum Gasteiger partial charge on any atom is -0.324 e. The lowest BCUT2D eigenvalue weighted by Gasteiger charge is -2.08. The first kappa shape index (κ1) is 14.7. The molecule has 0 spiro atoms. The number of nitriles is 1. The van der Waals surface area contributed by atoms with Gasteiger partial charge in [-0.1, -0.05) is 49.4 Å². The van der Waals surface area contributed by atoms with Gasteiger partial charge in [0.05, 0.1) is 17.5 Å². The predicted molar refractivity (Wildman–Crippen MR) is 91.3 cm³/mol. The van der Waals surface area contributed by atoms with Crippen LogP contribution in [0.1, 0.15) is 18.1 Å². The van der Waals surface area contributed by atoms with Crippen LogP contribution >= 0.6 is 0 Å². The smallest absolute Gasteiger partial charge is 0.227 e. The summed E-state index contributed by atoms with van der Waals surface area (Å²) in [5, 5.41) is 12.5. The van der Waals surface area contributed by atoms with Gasteiger partial charge in [0.1, 0.15) is 6.07 Å². The molecule has 0 saturated carbocycles. The zero-order valence-corrected chi connectivity index (χ0v) is 12.8. The van der Waals surface area contributed by atoms with Crippen LogP contribution in [-0.2, 0) is 6.42 Å². The van der Waals surface area contributed by atoms with Crippen LogP contribution in [0.4, 0.5) is 11.6 Å². The minimum absolute atomic E-state index is 0.461. The number of rotatable bonds is 4. The number of benzene rings is 2. The van der Waals surface area contributed by atoms with Crippen LogP contribution in [-0.4, -0.2) is 9.97 Å². The first-order chi connectivity index (χ1) is 11.3. The standard InChI is InChI=1S/C19H16N4/c1-2-14-8-10-17(11-9-14)22-19-21-13-16(12-20)18(23-19)15-6-4-3-5-7-15/h3-11,13H,2H2,1H3,(H,21,22,23). The highest BCUT2D eigenvalue weighted by Gasteiger charge is 2.09. The normalized spacial score (nSPS) is 10.1. The third kappa shape index (κ3) is 3.35. The van der Waals surface area contributed by atoms with E-state index in [4.69, 9.17) is 0 Å². The molecule has 0 aliphatic carbocycles. The van der Waals surface area contributed by atoms with Crippen LogP contribution in [0.25, 0.3) is 11.3 Å². The summed E-state index contributed by atoms with van der Waals surface area (Å²) >= 11 is 0. The maximum absolute atomic E-state index is 9.27. The van der Waals surface area contributed by atoms with Crippen molar-refractivity contribution in [1.29, 1.82) is 5.26 Å². The maximum Gasteiger partial charge on any atom is 0.227 e. The molecule has 0 atom stereocenters. The molecule has 1 aromatic heterocycles. The van der Waals surface area contributed by atoms with E-state index in [2.05, 4.69) is 40.4 Å². The fraction of sp³-hybridized carbons (Fsp3) is 0.105. The highest BCUT2D eigenvalue weighted by atomic mass is 15.1. The Morgan fingerprint density at radius 1 is 1.04 bits per heavy atom. The molecule has 0 saturated heterocycles. The van der Waals surface area contributed by atoms with Crippen molar-refractivity contribution in [3.8, 4) is 17.3 Å². The molecule has 0 fully saturated rings. The van der Waals surface area contributed by atoms with Crippen molar-refractivity contribution in [3.05, 3.63) is 71.9 Å². The molecule has 0 radical (unpaired) electrons. The van der Waals surface area contributed by atoms with E-state index in [1.165, 1.54) is 5.56 Å². The van der Waals surface area contributed by atoms with Gasteiger partial charge < -0.3 is 5.32 Å². The number of aromatic nitrogens is 2. The number of anilines is 2. The van der Waals surface area contributed by atoms with Crippen molar-refractivity contribution in [3.63, 3.8) is 0 Å². The molecule has 1 N–H and O–H groups in total. The quantitative estimate of drug-likeness (QED) is 0.779. The first-order valence-corrected chi connectivity index (χ1v) is 7.48. The van der Waals surface area contributed by atoms with Crippen LogP contribution in [0, 0.1) is 11.3 Å². The van der Waals surface area contributed by atoms with E-state index in [1.54, 1.807) is 6.20 Å². The summed E-state index contributed by atoms with van der Waals surface area (Å²) < 4.78 is 0. The number of nitrogens with zero attached hydrogens (tertiary/aromatic N) is 3. The minimum atomic E-state index is 0.461. The Bertz CT molecular complexity index is 833. The van der Waals surface area contributed by atoms with Gasteiger partial charge >= 0.3 is 0 Å². The molecular weight excluding hydrogens is 284 g/mol. The van der Waals surface area contributed by atoms with E-state index < -0.39 is 0 Å². The Balaban J connectivity index is 1.93. The van der Waals surface area contributed by atoms with Crippen molar-refractivity contribution in [1.82, 2.24) is 9.97 Å². The lowest BCUT2D eigenvalue weighted by atomic mass is 10.1. The lowest BCUT2D eigenvalue weighted by molar-refractivity contribution is 1.13. The van der Waals surface area contributed by atoms with E-state index >= 15 is 0 Å². The van der Waals surface area contributed by atoms with Crippen molar-refractivity contribution in [2.45, 2.75) is 13.3 Å². The van der Waals surface area contributed by atoms with E-state index in [9.17, 15) is 5.26 Å². The monoisotopic (exact) mass is 300 g/mol. The van der Waals surface area contributed by atoms with Gasteiger partial charge in [-0.3, -0.25) is 0 Å². The van der Waals surface area contributed by atoms with Gasteiger partial charge in [-0.15, -0.1) is 0 Å².